The van der Waals surface area contributed by atoms with Crippen molar-refractivity contribution in [3.63, 3.8) is 0 Å². The van der Waals surface area contributed by atoms with E-state index in [2.05, 4.69) is 15.6 Å². The highest BCUT2D eigenvalue weighted by atomic mass is 35.5. The number of rotatable bonds is 7. The Labute approximate surface area is 131 Å². The van der Waals surface area contributed by atoms with Crippen molar-refractivity contribution in [2.24, 2.45) is 0 Å². The molecule has 2 aromatic rings. The molecule has 20 heavy (non-hydrogen) atoms. The lowest BCUT2D eigenvalue weighted by atomic mass is 10.3. The van der Waals surface area contributed by atoms with Gasteiger partial charge in [-0.2, -0.15) is 0 Å². The number of thiazole rings is 1. The van der Waals surface area contributed by atoms with Crippen LogP contribution in [0.1, 0.15) is 12.1 Å². The Bertz CT molecular complexity index is 567. The van der Waals surface area contributed by atoms with Gasteiger partial charge in [-0.25, -0.2) is 4.98 Å². The molecule has 0 aromatic carbocycles. The van der Waals surface area contributed by atoms with Crippen LogP contribution in [0.2, 0.25) is 4.34 Å². The molecule has 0 atom stereocenters. The van der Waals surface area contributed by atoms with Gasteiger partial charge in [0, 0.05) is 11.9 Å². The normalized spacial score (nSPS) is 10.7. The van der Waals surface area contributed by atoms with Crippen LogP contribution in [0, 0.1) is 0 Å². The molecule has 0 unspecified atom stereocenters. The average molecular weight is 330 g/mol. The number of hydrogen-bond acceptors (Lipinski definition) is 5. The van der Waals surface area contributed by atoms with Crippen molar-refractivity contribution in [1.29, 1.82) is 0 Å². The quantitative estimate of drug-likeness (QED) is 0.768. The van der Waals surface area contributed by atoms with Gasteiger partial charge in [-0.05, 0) is 32.1 Å². The van der Waals surface area contributed by atoms with E-state index in [1.165, 1.54) is 11.3 Å². The molecule has 0 aliphatic rings. The molecule has 7 heteroatoms. The SMILES string of the molecule is CNCCCNC(=O)Cc1csc(-c2ccc(Cl)s2)n1. The summed E-state index contributed by atoms with van der Waals surface area (Å²) in [6.45, 7) is 1.59. The predicted octanol–water partition coefficient (Wildman–Crippen LogP) is 2.79. The summed E-state index contributed by atoms with van der Waals surface area (Å²) in [6.07, 6.45) is 1.26. The van der Waals surface area contributed by atoms with Crippen LogP contribution in [0.5, 0.6) is 0 Å². The molecule has 0 fully saturated rings. The zero-order valence-electron chi connectivity index (χ0n) is 11.1. The second-order valence-corrected chi connectivity index (χ2v) is 6.80. The van der Waals surface area contributed by atoms with Crippen LogP contribution in [0.25, 0.3) is 9.88 Å². The van der Waals surface area contributed by atoms with Crippen LogP contribution in [0.3, 0.4) is 0 Å². The highest BCUT2D eigenvalue weighted by Crippen LogP contribution is 2.32. The number of nitrogens with one attached hydrogen (secondary N) is 2. The van der Waals surface area contributed by atoms with Crippen LogP contribution in [0.4, 0.5) is 0 Å². The van der Waals surface area contributed by atoms with E-state index >= 15 is 0 Å². The Morgan fingerprint density at radius 2 is 2.25 bits per heavy atom. The summed E-state index contributed by atoms with van der Waals surface area (Å²) >= 11 is 8.95. The van der Waals surface area contributed by atoms with Crippen molar-refractivity contribution < 1.29 is 4.79 Å². The van der Waals surface area contributed by atoms with Gasteiger partial charge in [-0.15, -0.1) is 22.7 Å². The maximum absolute atomic E-state index is 11.7. The number of aromatic nitrogens is 1. The minimum absolute atomic E-state index is 0.0159. The maximum atomic E-state index is 11.7. The van der Waals surface area contributed by atoms with Gasteiger partial charge < -0.3 is 10.6 Å². The second kappa shape index (κ2) is 7.73. The van der Waals surface area contributed by atoms with Gasteiger partial charge in [0.2, 0.25) is 5.91 Å². The van der Waals surface area contributed by atoms with Crippen molar-refractivity contribution in [3.05, 3.63) is 27.5 Å². The lowest BCUT2D eigenvalue weighted by Gasteiger charge is -2.03. The van der Waals surface area contributed by atoms with Gasteiger partial charge in [0.1, 0.15) is 5.01 Å². The Hall–Kier alpha value is -0.950. The predicted molar refractivity (Wildman–Crippen MR) is 85.7 cm³/mol. The molecule has 2 heterocycles. The van der Waals surface area contributed by atoms with E-state index in [9.17, 15) is 4.79 Å². The largest absolute Gasteiger partial charge is 0.356 e. The van der Waals surface area contributed by atoms with Gasteiger partial charge >= 0.3 is 0 Å². The van der Waals surface area contributed by atoms with Gasteiger partial charge in [-0.1, -0.05) is 11.6 Å². The molecule has 0 aliphatic heterocycles. The summed E-state index contributed by atoms with van der Waals surface area (Å²) < 4.78 is 0.749. The maximum Gasteiger partial charge on any atom is 0.226 e. The number of halogens is 1. The number of amides is 1. The third-order valence-electron chi connectivity index (χ3n) is 2.60. The molecule has 0 bridgehead atoms. The van der Waals surface area contributed by atoms with E-state index < -0.39 is 0 Å². The standard InChI is InChI=1S/C13H16ClN3OS2/c1-15-5-2-6-16-12(18)7-9-8-19-13(17-9)10-3-4-11(14)20-10/h3-4,8,15H,2,5-7H2,1H3,(H,16,18). The van der Waals surface area contributed by atoms with E-state index in [0.717, 1.165) is 32.9 Å². The number of thiophene rings is 1. The average Bonchev–Trinajstić information content (AvgIpc) is 3.04. The van der Waals surface area contributed by atoms with Crippen LogP contribution >= 0.6 is 34.3 Å². The van der Waals surface area contributed by atoms with Crippen molar-refractivity contribution in [2.75, 3.05) is 20.1 Å². The molecule has 4 nitrogen and oxygen atoms in total. The molecular formula is C13H16ClN3OS2. The number of carbonyl (C=O) groups excluding carboxylic acids is 1. The van der Waals surface area contributed by atoms with Crippen LogP contribution < -0.4 is 10.6 Å². The first-order valence-electron chi connectivity index (χ1n) is 6.30. The monoisotopic (exact) mass is 329 g/mol. The van der Waals surface area contributed by atoms with Gasteiger partial charge in [0.25, 0.3) is 0 Å². The first kappa shape index (κ1) is 15.4. The molecule has 2 rings (SSSR count). The lowest BCUT2D eigenvalue weighted by Crippen LogP contribution is -2.28. The Morgan fingerprint density at radius 1 is 1.40 bits per heavy atom. The minimum Gasteiger partial charge on any atom is -0.356 e. The van der Waals surface area contributed by atoms with Gasteiger partial charge in [-0.3, -0.25) is 4.79 Å². The molecule has 2 aromatic heterocycles. The highest BCUT2D eigenvalue weighted by Gasteiger charge is 2.10. The third kappa shape index (κ3) is 4.56. The summed E-state index contributed by atoms with van der Waals surface area (Å²) in [7, 11) is 1.90. The fourth-order valence-corrected chi connectivity index (χ4v) is 3.59. The summed E-state index contributed by atoms with van der Waals surface area (Å²) in [6, 6.07) is 3.81. The van der Waals surface area contributed by atoms with Gasteiger partial charge in [0.15, 0.2) is 0 Å². The first-order valence-corrected chi connectivity index (χ1v) is 8.38. The van der Waals surface area contributed by atoms with E-state index in [-0.39, 0.29) is 5.91 Å². The van der Waals surface area contributed by atoms with Crippen molar-refractivity contribution in [2.45, 2.75) is 12.8 Å². The molecule has 0 radical (unpaired) electrons. The van der Waals surface area contributed by atoms with Crippen molar-refractivity contribution in [1.82, 2.24) is 15.6 Å². The zero-order chi connectivity index (χ0) is 14.4. The lowest BCUT2D eigenvalue weighted by molar-refractivity contribution is -0.120. The van der Waals surface area contributed by atoms with E-state index in [0.29, 0.717) is 13.0 Å². The van der Waals surface area contributed by atoms with Crippen LogP contribution in [-0.4, -0.2) is 31.0 Å². The number of carbonyl (C=O) groups is 1. The molecule has 0 saturated carbocycles. The minimum atomic E-state index is 0.0159. The molecule has 2 N–H and O–H groups in total. The Morgan fingerprint density at radius 3 is 2.95 bits per heavy atom. The summed E-state index contributed by atoms with van der Waals surface area (Å²) in [5.74, 6) is 0.0159. The van der Waals surface area contributed by atoms with Crippen LogP contribution in [-0.2, 0) is 11.2 Å². The number of hydrogen-bond donors (Lipinski definition) is 2. The smallest absolute Gasteiger partial charge is 0.226 e. The molecule has 0 spiro atoms. The van der Waals surface area contributed by atoms with E-state index in [1.54, 1.807) is 11.3 Å². The van der Waals surface area contributed by atoms with E-state index in [4.69, 9.17) is 11.6 Å². The molecule has 0 saturated heterocycles. The van der Waals surface area contributed by atoms with Crippen LogP contribution in [0.15, 0.2) is 17.5 Å². The summed E-state index contributed by atoms with van der Waals surface area (Å²) in [5.41, 5.74) is 0.806. The summed E-state index contributed by atoms with van der Waals surface area (Å²) in [4.78, 5) is 17.3. The van der Waals surface area contributed by atoms with Gasteiger partial charge in [0.05, 0.1) is 21.3 Å². The molecule has 0 aliphatic carbocycles. The highest BCUT2D eigenvalue weighted by molar-refractivity contribution is 7.23. The zero-order valence-corrected chi connectivity index (χ0v) is 13.5. The van der Waals surface area contributed by atoms with Crippen molar-refractivity contribution >= 4 is 40.2 Å². The molecule has 1 amide bonds. The third-order valence-corrected chi connectivity index (χ3v) is 4.89. The fourth-order valence-electron chi connectivity index (χ4n) is 1.65. The summed E-state index contributed by atoms with van der Waals surface area (Å²) in [5, 5.41) is 8.77. The molecular weight excluding hydrogens is 314 g/mol. The fraction of sp³-hybridized carbons (Fsp3) is 0.385. The number of nitrogens with zero attached hydrogens (tertiary/aromatic N) is 1. The molecule has 108 valence electrons. The first-order chi connectivity index (χ1) is 9.69. The Balaban J connectivity index is 1.85. The van der Waals surface area contributed by atoms with Crippen molar-refractivity contribution in [3.8, 4) is 9.88 Å². The van der Waals surface area contributed by atoms with E-state index in [1.807, 2.05) is 24.6 Å². The Kier molecular flexibility index (Phi) is 5.97. The topological polar surface area (TPSA) is 54.0 Å². The second-order valence-electron chi connectivity index (χ2n) is 4.23.